The van der Waals surface area contributed by atoms with Crippen LogP contribution in [-0.2, 0) is 12.8 Å². The van der Waals surface area contributed by atoms with Crippen molar-refractivity contribution in [2.45, 2.75) is 12.8 Å². The van der Waals surface area contributed by atoms with Crippen molar-refractivity contribution < 1.29 is 27.6 Å². The molecule has 0 N–H and O–H groups in total. The summed E-state index contributed by atoms with van der Waals surface area (Å²) < 4.78 is 53.2. The smallest absolute Gasteiger partial charge is 0.416 e. The molecule has 0 spiro atoms. The van der Waals surface area contributed by atoms with Gasteiger partial charge in [0.15, 0.2) is 11.6 Å². The summed E-state index contributed by atoms with van der Waals surface area (Å²) in [6.07, 6.45) is -3.47. The number of alkyl halides is 3. The van der Waals surface area contributed by atoms with Crippen molar-refractivity contribution in [2.75, 3.05) is 7.11 Å². The molecule has 5 aromatic rings. The molecule has 5 rings (SSSR count). The van der Waals surface area contributed by atoms with Crippen molar-refractivity contribution in [1.29, 1.82) is 0 Å². The van der Waals surface area contributed by atoms with E-state index in [0.29, 0.717) is 0 Å². The van der Waals surface area contributed by atoms with Gasteiger partial charge in [-0.05, 0) is 48.0 Å². The van der Waals surface area contributed by atoms with E-state index in [2.05, 4.69) is 26.0 Å². The molecule has 0 aliphatic heterocycles. The third-order valence-corrected chi connectivity index (χ3v) is 6.82. The molecule has 9 nitrogen and oxygen atoms in total. The van der Waals surface area contributed by atoms with Gasteiger partial charge < -0.3 is 9.47 Å². The molecule has 0 atom stereocenters. The van der Waals surface area contributed by atoms with Crippen LogP contribution in [0, 0.1) is 10.1 Å². The molecular weight excluding hydrogens is 633 g/mol. The van der Waals surface area contributed by atoms with Crippen molar-refractivity contribution in [2.24, 2.45) is 5.10 Å². The number of halogens is 4. The van der Waals surface area contributed by atoms with E-state index in [1.54, 1.807) is 42.5 Å². The van der Waals surface area contributed by atoms with E-state index >= 15 is 0 Å². The molecule has 0 radical (unpaired) electrons. The highest BCUT2D eigenvalue weighted by molar-refractivity contribution is 9.10. The molecule has 1 heterocycles. The number of nitrogens with zero attached hydrogens (tertiary/aromatic N) is 4. The van der Waals surface area contributed by atoms with Crippen LogP contribution in [0.1, 0.15) is 16.7 Å². The zero-order valence-corrected chi connectivity index (χ0v) is 23.8. The molecule has 0 fully saturated rings. The van der Waals surface area contributed by atoms with Crippen molar-refractivity contribution >= 4 is 38.7 Å². The predicted molar refractivity (Wildman–Crippen MR) is 158 cm³/mol. The van der Waals surface area contributed by atoms with Crippen LogP contribution in [0.2, 0.25) is 0 Å². The minimum atomic E-state index is -4.63. The van der Waals surface area contributed by atoms with Crippen LogP contribution in [0.15, 0.2) is 99.3 Å². The third-order valence-electron chi connectivity index (χ3n) is 6.29. The molecular formula is C30H20BrF3N4O5. The van der Waals surface area contributed by atoms with E-state index in [-0.39, 0.29) is 46.0 Å². The highest BCUT2D eigenvalue weighted by Crippen LogP contribution is 2.39. The van der Waals surface area contributed by atoms with Gasteiger partial charge in [0.1, 0.15) is 6.61 Å². The second-order valence-corrected chi connectivity index (χ2v) is 10.1. The van der Waals surface area contributed by atoms with Crippen LogP contribution in [0.5, 0.6) is 11.5 Å². The zero-order chi connectivity index (χ0) is 30.7. The summed E-state index contributed by atoms with van der Waals surface area (Å²) in [5.74, 6) is -0.224. The van der Waals surface area contributed by atoms with Crippen molar-refractivity contribution in [3.63, 3.8) is 0 Å². The molecule has 0 bridgehead atoms. The lowest BCUT2D eigenvalue weighted by molar-refractivity contribution is -0.386. The molecule has 0 saturated heterocycles. The number of hydrogen-bond donors (Lipinski definition) is 0. The first-order chi connectivity index (χ1) is 20.5. The van der Waals surface area contributed by atoms with Crippen molar-refractivity contribution in [3.8, 4) is 22.9 Å². The van der Waals surface area contributed by atoms with Gasteiger partial charge >= 0.3 is 11.9 Å². The van der Waals surface area contributed by atoms with Gasteiger partial charge in [0.05, 0.1) is 34.7 Å². The quantitative estimate of drug-likeness (QED) is 0.0994. The summed E-state index contributed by atoms with van der Waals surface area (Å²) in [4.78, 5) is 29.2. The fraction of sp³-hybridized carbons (Fsp3) is 0.100. The fourth-order valence-corrected chi connectivity index (χ4v) is 4.49. The van der Waals surface area contributed by atoms with E-state index in [1.807, 2.05) is 0 Å². The van der Waals surface area contributed by atoms with Gasteiger partial charge in [-0.2, -0.15) is 22.9 Å². The number of hydrogen-bond acceptors (Lipinski definition) is 7. The van der Waals surface area contributed by atoms with Crippen LogP contribution >= 0.6 is 15.9 Å². The van der Waals surface area contributed by atoms with Crippen LogP contribution < -0.4 is 15.0 Å². The minimum absolute atomic E-state index is 0.00456. The minimum Gasteiger partial charge on any atom is -0.493 e. The molecule has 0 saturated carbocycles. The van der Waals surface area contributed by atoms with Gasteiger partial charge in [-0.15, -0.1) is 0 Å². The zero-order valence-electron chi connectivity index (χ0n) is 22.2. The number of nitro groups is 1. The van der Waals surface area contributed by atoms with Crippen molar-refractivity contribution in [1.82, 2.24) is 9.66 Å². The summed E-state index contributed by atoms with van der Waals surface area (Å²) in [5, 5.41) is 16.4. The first-order valence-electron chi connectivity index (χ1n) is 12.5. The Bertz CT molecular complexity index is 1930. The summed E-state index contributed by atoms with van der Waals surface area (Å²) in [6.45, 7) is 0.0242. The molecule has 13 heteroatoms. The maximum atomic E-state index is 13.5. The Hall–Kier alpha value is -5.04. The van der Waals surface area contributed by atoms with Crippen LogP contribution in [0.3, 0.4) is 0 Å². The average molecular weight is 653 g/mol. The van der Waals surface area contributed by atoms with Crippen LogP contribution in [0.25, 0.3) is 22.3 Å². The number of aromatic nitrogens is 2. The van der Waals surface area contributed by atoms with Crippen LogP contribution in [-0.4, -0.2) is 27.9 Å². The first kappa shape index (κ1) is 29.5. The number of rotatable bonds is 8. The normalized spacial score (nSPS) is 11.7. The van der Waals surface area contributed by atoms with Gasteiger partial charge in [-0.3, -0.25) is 14.9 Å². The van der Waals surface area contributed by atoms with E-state index in [4.69, 9.17) is 9.47 Å². The molecule has 0 aliphatic rings. The Kier molecular flexibility index (Phi) is 8.26. The Labute approximate surface area is 250 Å². The Morgan fingerprint density at radius 1 is 1.05 bits per heavy atom. The third kappa shape index (κ3) is 6.41. The monoisotopic (exact) mass is 652 g/mol. The lowest BCUT2D eigenvalue weighted by Crippen LogP contribution is -2.20. The average Bonchev–Trinajstić information content (AvgIpc) is 2.99. The second kappa shape index (κ2) is 12.1. The number of ether oxygens (including phenoxy) is 2. The summed E-state index contributed by atoms with van der Waals surface area (Å²) in [6, 6.07) is 20.5. The molecule has 218 valence electrons. The Balaban J connectivity index is 1.59. The topological polar surface area (TPSA) is 109 Å². The van der Waals surface area contributed by atoms with E-state index < -0.39 is 27.9 Å². The predicted octanol–water partition coefficient (Wildman–Crippen LogP) is 7.22. The molecule has 1 aromatic heterocycles. The standard InChI is InChI=1S/C30H20BrF3N4O5/c1-42-26-14-19(13-25(38(40)41)27(26)43-17-18-9-11-22(31)12-10-18)16-35-37-28(20-5-4-6-21(15-20)30(32,33)34)36-24-8-3-2-7-23(24)29(37)39/h2-16H,17H2,1H3. The Morgan fingerprint density at radius 3 is 2.49 bits per heavy atom. The number of para-hydroxylation sites is 1. The first-order valence-corrected chi connectivity index (χ1v) is 13.3. The number of nitro benzene ring substituents is 1. The molecule has 0 unspecified atom stereocenters. The van der Waals surface area contributed by atoms with E-state index in [9.17, 15) is 28.1 Å². The largest absolute Gasteiger partial charge is 0.493 e. The lowest BCUT2D eigenvalue weighted by Gasteiger charge is -2.13. The molecule has 43 heavy (non-hydrogen) atoms. The maximum absolute atomic E-state index is 13.5. The van der Waals surface area contributed by atoms with E-state index in [1.165, 1.54) is 37.4 Å². The lowest BCUT2D eigenvalue weighted by atomic mass is 10.1. The fourth-order valence-electron chi connectivity index (χ4n) is 4.23. The highest BCUT2D eigenvalue weighted by atomic mass is 79.9. The highest BCUT2D eigenvalue weighted by Gasteiger charge is 2.31. The van der Waals surface area contributed by atoms with E-state index in [0.717, 1.165) is 33.1 Å². The SMILES string of the molecule is COc1cc(C=Nn2c(-c3cccc(C(F)(F)F)c3)nc3ccccc3c2=O)cc([N+](=O)[O-])c1OCc1ccc(Br)cc1. The molecule has 0 aliphatic carbocycles. The summed E-state index contributed by atoms with van der Waals surface area (Å²) >= 11 is 3.35. The van der Waals surface area contributed by atoms with Gasteiger partial charge in [0, 0.05) is 21.7 Å². The van der Waals surface area contributed by atoms with Gasteiger partial charge in [0.2, 0.25) is 5.75 Å². The number of fused-ring (bicyclic) bond motifs is 1. The van der Waals surface area contributed by atoms with Gasteiger partial charge in [-0.1, -0.05) is 52.3 Å². The number of benzene rings is 4. The van der Waals surface area contributed by atoms with Gasteiger partial charge in [0.25, 0.3) is 5.56 Å². The number of methoxy groups -OCH3 is 1. The Morgan fingerprint density at radius 2 is 1.79 bits per heavy atom. The summed E-state index contributed by atoms with van der Waals surface area (Å²) in [5.41, 5.74) is -0.816. The molecule has 4 aromatic carbocycles. The van der Waals surface area contributed by atoms with Crippen molar-refractivity contribution in [3.05, 3.63) is 127 Å². The van der Waals surface area contributed by atoms with Gasteiger partial charge in [-0.25, -0.2) is 4.98 Å². The van der Waals surface area contributed by atoms with Crippen LogP contribution in [0.4, 0.5) is 18.9 Å². The second-order valence-electron chi connectivity index (χ2n) is 9.14. The summed E-state index contributed by atoms with van der Waals surface area (Å²) in [7, 11) is 1.32. The maximum Gasteiger partial charge on any atom is 0.416 e. The molecule has 0 amide bonds.